The summed E-state index contributed by atoms with van der Waals surface area (Å²) in [7, 11) is 0. The molecule has 0 bridgehead atoms. The van der Waals surface area contributed by atoms with Gasteiger partial charge in [-0.2, -0.15) is 5.26 Å². The van der Waals surface area contributed by atoms with E-state index in [-0.39, 0.29) is 18.1 Å². The number of nitriles is 1. The van der Waals surface area contributed by atoms with Gasteiger partial charge >= 0.3 is 0 Å². The van der Waals surface area contributed by atoms with E-state index in [2.05, 4.69) is 15.6 Å². The first-order valence-corrected chi connectivity index (χ1v) is 12.2. The van der Waals surface area contributed by atoms with Crippen molar-refractivity contribution in [1.82, 2.24) is 15.6 Å². The molecule has 0 aliphatic heterocycles. The monoisotopic (exact) mass is 504 g/mol. The molecule has 0 saturated heterocycles. The maximum Gasteiger partial charge on any atom is 0.266 e. The summed E-state index contributed by atoms with van der Waals surface area (Å²) in [6.07, 6.45) is -0.839. The van der Waals surface area contributed by atoms with E-state index < -0.39 is 17.8 Å². The smallest absolute Gasteiger partial charge is 0.266 e. The molecular weight excluding hydrogens is 472 g/mol. The minimum atomic E-state index is -0.669. The van der Waals surface area contributed by atoms with E-state index in [0.717, 1.165) is 11.1 Å². The van der Waals surface area contributed by atoms with Crippen molar-refractivity contribution in [1.29, 1.82) is 5.26 Å². The predicted molar refractivity (Wildman–Crippen MR) is 140 cm³/mol. The highest BCUT2D eigenvalue weighted by Gasteiger charge is 2.18. The zero-order chi connectivity index (χ0) is 26.6. The van der Waals surface area contributed by atoms with Crippen LogP contribution in [0.5, 0.6) is 11.5 Å². The van der Waals surface area contributed by atoms with Gasteiger partial charge in [-0.05, 0) is 49.2 Å². The Bertz CT molecular complexity index is 1250. The van der Waals surface area contributed by atoms with Crippen molar-refractivity contribution in [3.8, 4) is 28.7 Å². The molecule has 0 radical (unpaired) electrons. The number of aliphatic hydroxyl groups excluding tert-OH is 1. The van der Waals surface area contributed by atoms with Crippen LogP contribution in [0.25, 0.3) is 11.1 Å². The summed E-state index contributed by atoms with van der Waals surface area (Å²) in [5.74, 6) is 1.01. The normalized spacial score (nSPS) is 12.3. The summed E-state index contributed by atoms with van der Waals surface area (Å²) in [6, 6.07) is 19.9. The van der Waals surface area contributed by atoms with Gasteiger partial charge in [0.25, 0.3) is 11.5 Å². The van der Waals surface area contributed by atoms with Crippen molar-refractivity contribution in [2.75, 3.05) is 26.2 Å². The zero-order valence-electron chi connectivity index (χ0n) is 21.0. The Balaban J connectivity index is 1.42. The van der Waals surface area contributed by atoms with Crippen LogP contribution in [-0.2, 0) is 4.79 Å². The van der Waals surface area contributed by atoms with E-state index in [1.807, 2.05) is 55.5 Å². The molecule has 0 saturated carbocycles. The van der Waals surface area contributed by atoms with Crippen LogP contribution in [0.2, 0.25) is 0 Å². The average Bonchev–Trinajstić information content (AvgIpc) is 2.91. The molecule has 2 aromatic carbocycles. The van der Waals surface area contributed by atoms with Gasteiger partial charge in [0, 0.05) is 30.9 Å². The van der Waals surface area contributed by atoms with Crippen LogP contribution < -0.4 is 25.7 Å². The molecule has 4 N–H and O–H groups in total. The lowest BCUT2D eigenvalue weighted by molar-refractivity contribution is -0.128. The molecule has 3 rings (SSSR count). The summed E-state index contributed by atoms with van der Waals surface area (Å²) in [4.78, 5) is 27.0. The number of aryl methyl sites for hydroxylation is 1. The van der Waals surface area contributed by atoms with Gasteiger partial charge in [0.2, 0.25) is 0 Å². The number of carbonyl (C=O) groups excluding carboxylic acids is 1. The van der Waals surface area contributed by atoms with Crippen LogP contribution in [0.4, 0.5) is 0 Å². The van der Waals surface area contributed by atoms with Crippen LogP contribution in [-0.4, -0.2) is 54.4 Å². The molecule has 1 amide bonds. The molecule has 1 aromatic heterocycles. The Morgan fingerprint density at radius 3 is 2.51 bits per heavy atom. The molecule has 0 spiro atoms. The van der Waals surface area contributed by atoms with Gasteiger partial charge < -0.3 is 30.2 Å². The molecule has 0 aliphatic carbocycles. The van der Waals surface area contributed by atoms with Crippen molar-refractivity contribution in [2.45, 2.75) is 32.5 Å². The summed E-state index contributed by atoms with van der Waals surface area (Å²) < 4.78 is 11.4. The number of H-pyrrole nitrogens is 1. The first kappa shape index (κ1) is 27.5. The minimum absolute atomic E-state index is 0.0492. The van der Waals surface area contributed by atoms with Crippen molar-refractivity contribution >= 4 is 5.91 Å². The lowest BCUT2D eigenvalue weighted by Gasteiger charge is -2.18. The maximum atomic E-state index is 12.6. The number of nitrogens with zero attached hydrogens (tertiary/aromatic N) is 1. The maximum absolute atomic E-state index is 12.6. The van der Waals surface area contributed by atoms with Crippen molar-refractivity contribution in [3.63, 3.8) is 0 Å². The number of para-hydroxylation sites is 1. The summed E-state index contributed by atoms with van der Waals surface area (Å²) in [6.45, 7) is 5.03. The standard InChI is InChI=1S/C28H32N4O5/c1-3-26(28(35)31-14-13-30-17-22(33)18-36-23-7-5-4-6-8-23)37-24-11-9-20(10-12-24)25-15-21(16-29)27(34)32-19(25)2/h4-12,15,22,26,30,33H,3,13-14,17-18H2,1-2H3,(H,31,35)(H,32,34). The second-order valence-electron chi connectivity index (χ2n) is 8.47. The highest BCUT2D eigenvalue weighted by Crippen LogP contribution is 2.25. The van der Waals surface area contributed by atoms with E-state index in [9.17, 15) is 14.7 Å². The highest BCUT2D eigenvalue weighted by atomic mass is 16.5. The van der Waals surface area contributed by atoms with E-state index in [1.165, 1.54) is 0 Å². The summed E-state index contributed by atoms with van der Waals surface area (Å²) >= 11 is 0. The largest absolute Gasteiger partial charge is 0.491 e. The number of pyridine rings is 1. The number of rotatable bonds is 13. The third-order valence-corrected chi connectivity index (χ3v) is 5.63. The quantitative estimate of drug-likeness (QED) is 0.263. The number of aromatic amines is 1. The third kappa shape index (κ3) is 8.20. The van der Waals surface area contributed by atoms with Crippen LogP contribution in [0.15, 0.2) is 65.5 Å². The molecule has 194 valence electrons. The van der Waals surface area contributed by atoms with Gasteiger partial charge in [-0.25, -0.2) is 0 Å². The van der Waals surface area contributed by atoms with Crippen LogP contribution >= 0.6 is 0 Å². The Morgan fingerprint density at radius 1 is 1.11 bits per heavy atom. The number of nitrogens with one attached hydrogen (secondary N) is 3. The second kappa shape index (κ2) is 13.8. The van der Waals surface area contributed by atoms with Gasteiger partial charge in [-0.1, -0.05) is 37.3 Å². The first-order chi connectivity index (χ1) is 17.9. The lowest BCUT2D eigenvalue weighted by atomic mass is 10.0. The highest BCUT2D eigenvalue weighted by molar-refractivity contribution is 5.81. The van der Waals surface area contributed by atoms with Crippen molar-refractivity contribution in [2.24, 2.45) is 0 Å². The molecule has 9 nitrogen and oxygen atoms in total. The van der Waals surface area contributed by atoms with Crippen LogP contribution in [0.1, 0.15) is 24.6 Å². The Labute approximate surface area is 216 Å². The third-order valence-electron chi connectivity index (χ3n) is 5.63. The summed E-state index contributed by atoms with van der Waals surface area (Å²) in [5.41, 5.74) is 1.86. The molecule has 9 heteroatoms. The van der Waals surface area contributed by atoms with Gasteiger partial charge in [0.15, 0.2) is 6.10 Å². The van der Waals surface area contributed by atoms with Gasteiger partial charge in [0.1, 0.15) is 35.8 Å². The average molecular weight is 505 g/mol. The van der Waals surface area contributed by atoms with Crippen LogP contribution in [0.3, 0.4) is 0 Å². The van der Waals surface area contributed by atoms with Gasteiger partial charge in [-0.3, -0.25) is 9.59 Å². The molecule has 2 atom stereocenters. The number of benzene rings is 2. The van der Waals surface area contributed by atoms with Crippen molar-refractivity contribution < 1.29 is 19.4 Å². The summed E-state index contributed by atoms with van der Waals surface area (Å²) in [5, 5.41) is 25.1. The molecule has 2 unspecified atom stereocenters. The molecule has 1 heterocycles. The van der Waals surface area contributed by atoms with Gasteiger partial charge in [0.05, 0.1) is 0 Å². The first-order valence-electron chi connectivity index (χ1n) is 12.2. The van der Waals surface area contributed by atoms with Crippen molar-refractivity contribution in [3.05, 3.63) is 82.3 Å². The van der Waals surface area contributed by atoms with E-state index in [0.29, 0.717) is 43.2 Å². The minimum Gasteiger partial charge on any atom is -0.491 e. The fraction of sp³-hybridized carbons (Fsp3) is 0.321. The lowest BCUT2D eigenvalue weighted by Crippen LogP contribution is -2.42. The number of aliphatic hydroxyl groups is 1. The molecular formula is C28H32N4O5. The van der Waals surface area contributed by atoms with E-state index >= 15 is 0 Å². The van der Waals surface area contributed by atoms with Gasteiger partial charge in [-0.15, -0.1) is 0 Å². The Hall–Kier alpha value is -4.13. The Kier molecular flexibility index (Phi) is 10.3. The fourth-order valence-corrected chi connectivity index (χ4v) is 3.63. The predicted octanol–water partition coefficient (Wildman–Crippen LogP) is 2.53. The number of hydrogen-bond donors (Lipinski definition) is 4. The van der Waals surface area contributed by atoms with E-state index in [4.69, 9.17) is 14.7 Å². The number of carbonyl (C=O) groups is 1. The van der Waals surface area contributed by atoms with Crippen LogP contribution in [0, 0.1) is 18.3 Å². The fourth-order valence-electron chi connectivity index (χ4n) is 3.63. The SMILES string of the molecule is CCC(Oc1ccc(-c2cc(C#N)c(=O)[nH]c2C)cc1)C(=O)NCCNCC(O)COc1ccccc1. The zero-order valence-corrected chi connectivity index (χ0v) is 21.0. The number of ether oxygens (including phenoxy) is 2. The van der Waals surface area contributed by atoms with E-state index in [1.54, 1.807) is 25.1 Å². The number of hydrogen-bond acceptors (Lipinski definition) is 7. The topological polar surface area (TPSA) is 136 Å². The number of aromatic nitrogens is 1. The molecule has 0 aliphatic rings. The molecule has 37 heavy (non-hydrogen) atoms. The Morgan fingerprint density at radius 2 is 1.84 bits per heavy atom. The molecule has 3 aromatic rings. The molecule has 0 fully saturated rings. The second-order valence-corrected chi connectivity index (χ2v) is 8.47. The number of amides is 1.